The highest BCUT2D eigenvalue weighted by molar-refractivity contribution is 5.85. The van der Waals surface area contributed by atoms with Crippen molar-refractivity contribution < 1.29 is 14.6 Å². The third-order valence-electron chi connectivity index (χ3n) is 4.08. The molecule has 0 amide bonds. The first-order valence-electron chi connectivity index (χ1n) is 9.27. The molecule has 5 heteroatoms. The van der Waals surface area contributed by atoms with Crippen molar-refractivity contribution >= 4 is 23.6 Å². The Hall–Kier alpha value is -2.82. The first-order valence-corrected chi connectivity index (χ1v) is 9.27. The molecule has 2 aromatic rings. The lowest BCUT2D eigenvalue weighted by Gasteiger charge is -2.25. The molecule has 1 aromatic carbocycles. The van der Waals surface area contributed by atoms with E-state index < -0.39 is 5.97 Å². The maximum absolute atomic E-state index is 10.6. The Morgan fingerprint density at radius 3 is 2.48 bits per heavy atom. The zero-order valence-electron chi connectivity index (χ0n) is 16.6. The van der Waals surface area contributed by atoms with Crippen LogP contribution in [-0.4, -0.2) is 28.7 Å². The first kappa shape index (κ1) is 20.5. The van der Waals surface area contributed by atoms with E-state index in [4.69, 9.17) is 9.84 Å². The van der Waals surface area contributed by atoms with Gasteiger partial charge in [0, 0.05) is 30.6 Å². The van der Waals surface area contributed by atoms with Crippen LogP contribution in [0.25, 0.3) is 6.08 Å². The molecule has 1 heterocycles. The number of pyridine rings is 1. The Morgan fingerprint density at radius 2 is 1.96 bits per heavy atom. The van der Waals surface area contributed by atoms with Gasteiger partial charge in [-0.05, 0) is 62.1 Å². The molecular formula is C22H28N2O3. The second-order valence-corrected chi connectivity index (χ2v) is 6.91. The molecule has 0 aliphatic heterocycles. The molecule has 0 spiro atoms. The van der Waals surface area contributed by atoms with Crippen molar-refractivity contribution in [3.63, 3.8) is 0 Å². The summed E-state index contributed by atoms with van der Waals surface area (Å²) in [4.78, 5) is 17.2. The summed E-state index contributed by atoms with van der Waals surface area (Å²) in [5.74, 6) is 1.10. The van der Waals surface area contributed by atoms with Gasteiger partial charge in [-0.15, -0.1) is 0 Å². The summed E-state index contributed by atoms with van der Waals surface area (Å²) in [6, 6.07) is 10.0. The van der Waals surface area contributed by atoms with E-state index in [9.17, 15) is 4.79 Å². The van der Waals surface area contributed by atoms with Gasteiger partial charge in [0.2, 0.25) is 0 Å². The Kier molecular flexibility index (Phi) is 6.99. The number of hydrogen-bond acceptors (Lipinski definition) is 4. The lowest BCUT2D eigenvalue weighted by molar-refractivity contribution is -0.131. The van der Waals surface area contributed by atoms with Crippen LogP contribution in [0.2, 0.25) is 0 Å². The maximum Gasteiger partial charge on any atom is 0.328 e. The summed E-state index contributed by atoms with van der Waals surface area (Å²) in [6.07, 6.45) is 4.41. The minimum atomic E-state index is -0.975. The van der Waals surface area contributed by atoms with E-state index in [0.717, 1.165) is 35.4 Å². The van der Waals surface area contributed by atoms with Crippen LogP contribution in [0.1, 0.15) is 51.7 Å². The fraction of sp³-hybridized carbons (Fsp3) is 0.364. The van der Waals surface area contributed by atoms with Crippen LogP contribution >= 0.6 is 0 Å². The van der Waals surface area contributed by atoms with Crippen molar-refractivity contribution in [2.24, 2.45) is 0 Å². The highest BCUT2D eigenvalue weighted by atomic mass is 16.5. The first-order chi connectivity index (χ1) is 12.8. The summed E-state index contributed by atoms with van der Waals surface area (Å²) in [6.45, 7) is 11.2. The normalized spacial score (nSPS) is 11.4. The van der Waals surface area contributed by atoms with Crippen molar-refractivity contribution in [2.45, 2.75) is 46.6 Å². The van der Waals surface area contributed by atoms with E-state index in [0.29, 0.717) is 5.92 Å². The number of hydrogen-bond donors (Lipinski definition) is 1. The van der Waals surface area contributed by atoms with E-state index in [1.807, 2.05) is 26.0 Å². The predicted octanol–water partition coefficient (Wildman–Crippen LogP) is 5.25. The highest BCUT2D eigenvalue weighted by Crippen LogP contribution is 2.34. The molecule has 0 bridgehead atoms. The van der Waals surface area contributed by atoms with Gasteiger partial charge in [0.15, 0.2) is 0 Å². The molecule has 0 unspecified atom stereocenters. The van der Waals surface area contributed by atoms with E-state index in [-0.39, 0.29) is 6.10 Å². The summed E-state index contributed by atoms with van der Waals surface area (Å²) in [5.41, 5.74) is 2.95. The van der Waals surface area contributed by atoms with Crippen molar-refractivity contribution in [3.8, 4) is 5.75 Å². The number of carboxylic acid groups (broad SMARTS) is 1. The third-order valence-corrected chi connectivity index (χ3v) is 4.08. The predicted molar refractivity (Wildman–Crippen MR) is 110 cm³/mol. The fourth-order valence-corrected chi connectivity index (χ4v) is 2.82. The van der Waals surface area contributed by atoms with Crippen LogP contribution in [0.5, 0.6) is 5.75 Å². The molecule has 5 nitrogen and oxygen atoms in total. The molecule has 0 aliphatic carbocycles. The number of ether oxygens (including phenoxy) is 1. The molecule has 0 radical (unpaired) electrons. The minimum Gasteiger partial charge on any atom is -0.491 e. The van der Waals surface area contributed by atoms with Crippen LogP contribution in [0, 0.1) is 0 Å². The lowest BCUT2D eigenvalue weighted by Crippen LogP contribution is -2.18. The standard InChI is InChI=1S/C22H28N2O3/c1-6-24(21-11-7-17(14-23-21)8-12-22(25)26)18-9-10-19(15(2)3)20(13-18)27-16(4)5/h7-16H,6H2,1-5H3,(H,25,26). The molecule has 0 aliphatic rings. The summed E-state index contributed by atoms with van der Waals surface area (Å²) in [5, 5.41) is 8.73. The van der Waals surface area contributed by atoms with Gasteiger partial charge in [0.25, 0.3) is 0 Å². The number of carbonyl (C=O) groups is 1. The zero-order chi connectivity index (χ0) is 20.0. The third kappa shape index (κ3) is 5.58. The molecule has 0 atom stereocenters. The van der Waals surface area contributed by atoms with Gasteiger partial charge in [-0.25, -0.2) is 9.78 Å². The molecule has 2 rings (SSSR count). The van der Waals surface area contributed by atoms with E-state index in [2.05, 4.69) is 48.9 Å². The Balaban J connectivity index is 2.35. The van der Waals surface area contributed by atoms with E-state index >= 15 is 0 Å². The van der Waals surface area contributed by atoms with Crippen LogP contribution in [0.15, 0.2) is 42.6 Å². The number of aliphatic carboxylic acids is 1. The molecular weight excluding hydrogens is 340 g/mol. The maximum atomic E-state index is 10.6. The van der Waals surface area contributed by atoms with E-state index in [1.54, 1.807) is 6.20 Å². The number of rotatable bonds is 8. The van der Waals surface area contributed by atoms with Crippen LogP contribution < -0.4 is 9.64 Å². The zero-order valence-corrected chi connectivity index (χ0v) is 16.6. The Labute approximate surface area is 161 Å². The Morgan fingerprint density at radius 1 is 1.22 bits per heavy atom. The SMILES string of the molecule is CCN(c1ccc(C(C)C)c(OC(C)C)c1)c1ccc(C=CC(=O)O)cn1. The minimum absolute atomic E-state index is 0.103. The monoisotopic (exact) mass is 368 g/mol. The van der Waals surface area contributed by atoms with Crippen molar-refractivity contribution in [3.05, 3.63) is 53.7 Å². The Bertz CT molecular complexity index is 796. The molecule has 144 valence electrons. The number of nitrogens with zero attached hydrogens (tertiary/aromatic N) is 2. The molecule has 0 saturated heterocycles. The van der Waals surface area contributed by atoms with Crippen LogP contribution in [0.3, 0.4) is 0 Å². The second kappa shape index (κ2) is 9.21. The van der Waals surface area contributed by atoms with Crippen LogP contribution in [-0.2, 0) is 4.79 Å². The van der Waals surface area contributed by atoms with Crippen molar-refractivity contribution in [2.75, 3.05) is 11.4 Å². The topological polar surface area (TPSA) is 62.7 Å². The summed E-state index contributed by atoms with van der Waals surface area (Å²) in [7, 11) is 0. The van der Waals surface area contributed by atoms with Crippen molar-refractivity contribution in [1.82, 2.24) is 4.98 Å². The average Bonchev–Trinajstić information content (AvgIpc) is 2.61. The second-order valence-electron chi connectivity index (χ2n) is 6.91. The molecule has 27 heavy (non-hydrogen) atoms. The van der Waals surface area contributed by atoms with Crippen molar-refractivity contribution in [1.29, 1.82) is 0 Å². The highest BCUT2D eigenvalue weighted by Gasteiger charge is 2.15. The molecule has 0 fully saturated rings. The fourth-order valence-electron chi connectivity index (χ4n) is 2.82. The van der Waals surface area contributed by atoms with Crippen LogP contribution in [0.4, 0.5) is 11.5 Å². The lowest BCUT2D eigenvalue weighted by atomic mass is 10.0. The summed E-state index contributed by atoms with van der Waals surface area (Å²) >= 11 is 0. The van der Waals surface area contributed by atoms with Gasteiger partial charge in [0.05, 0.1) is 6.10 Å². The van der Waals surface area contributed by atoms with Gasteiger partial charge < -0.3 is 14.7 Å². The smallest absolute Gasteiger partial charge is 0.328 e. The number of aromatic nitrogens is 1. The summed E-state index contributed by atoms with van der Waals surface area (Å²) < 4.78 is 6.04. The quantitative estimate of drug-likeness (QED) is 0.645. The molecule has 0 saturated carbocycles. The average molecular weight is 368 g/mol. The number of anilines is 2. The van der Waals surface area contributed by atoms with Gasteiger partial charge in [0.1, 0.15) is 11.6 Å². The number of carboxylic acids is 1. The largest absolute Gasteiger partial charge is 0.491 e. The van der Waals surface area contributed by atoms with Gasteiger partial charge in [-0.1, -0.05) is 19.9 Å². The van der Waals surface area contributed by atoms with Gasteiger partial charge >= 0.3 is 5.97 Å². The molecule has 1 N–H and O–H groups in total. The van der Waals surface area contributed by atoms with Gasteiger partial charge in [-0.2, -0.15) is 0 Å². The number of benzene rings is 1. The molecule has 1 aromatic heterocycles. The van der Waals surface area contributed by atoms with Gasteiger partial charge in [-0.3, -0.25) is 0 Å². The van der Waals surface area contributed by atoms with E-state index in [1.165, 1.54) is 11.6 Å².